The molecular weight excluding hydrogens is 432 g/mol. The average Bonchev–Trinajstić information content (AvgIpc) is 3.04. The Morgan fingerprint density at radius 3 is 2.21 bits per heavy atom. The van der Waals surface area contributed by atoms with Crippen molar-refractivity contribution in [2.75, 3.05) is 22.1 Å². The molecule has 0 aromatic heterocycles. The zero-order chi connectivity index (χ0) is 24.2. The Labute approximate surface area is 197 Å². The molecular formula is C26H24N4O4. The lowest BCUT2D eigenvalue weighted by atomic mass is 10.1. The number of hydrogen-bond donors (Lipinski definition) is 2. The zero-order valence-corrected chi connectivity index (χ0v) is 18.8. The number of hydrogen-bond acceptors (Lipinski definition) is 4. The Bertz CT molecular complexity index is 1240. The summed E-state index contributed by atoms with van der Waals surface area (Å²) in [7, 11) is 0. The van der Waals surface area contributed by atoms with Crippen molar-refractivity contribution in [1.82, 2.24) is 4.90 Å². The summed E-state index contributed by atoms with van der Waals surface area (Å²) in [5.74, 6) is -1.44. The average molecular weight is 457 g/mol. The van der Waals surface area contributed by atoms with Gasteiger partial charge >= 0.3 is 6.03 Å². The van der Waals surface area contributed by atoms with E-state index in [1.807, 2.05) is 25.1 Å². The smallest absolute Gasteiger partial charge is 0.324 e. The molecule has 0 spiro atoms. The Morgan fingerprint density at radius 1 is 0.853 bits per heavy atom. The van der Waals surface area contributed by atoms with Crippen LogP contribution in [0.25, 0.3) is 0 Å². The van der Waals surface area contributed by atoms with Gasteiger partial charge in [-0.2, -0.15) is 0 Å². The third-order valence-corrected chi connectivity index (χ3v) is 5.54. The number of benzene rings is 3. The largest absolute Gasteiger partial charge is 0.332 e. The van der Waals surface area contributed by atoms with Crippen molar-refractivity contribution in [1.29, 1.82) is 0 Å². The van der Waals surface area contributed by atoms with Crippen molar-refractivity contribution in [2.24, 2.45) is 0 Å². The quantitative estimate of drug-likeness (QED) is 0.547. The molecule has 1 saturated heterocycles. The van der Waals surface area contributed by atoms with Gasteiger partial charge in [-0.3, -0.25) is 24.2 Å². The first-order valence-electron chi connectivity index (χ1n) is 10.8. The number of aryl methyl sites for hydroxylation is 1. The van der Waals surface area contributed by atoms with E-state index >= 15 is 0 Å². The highest BCUT2D eigenvalue weighted by atomic mass is 16.2. The summed E-state index contributed by atoms with van der Waals surface area (Å²) in [4.78, 5) is 53.5. The van der Waals surface area contributed by atoms with E-state index in [1.54, 1.807) is 67.6 Å². The Balaban J connectivity index is 1.47. The minimum absolute atomic E-state index is 0.258. The minimum Gasteiger partial charge on any atom is -0.324 e. The predicted molar refractivity (Wildman–Crippen MR) is 130 cm³/mol. The monoisotopic (exact) mass is 456 g/mol. The van der Waals surface area contributed by atoms with Crippen molar-refractivity contribution in [3.63, 3.8) is 0 Å². The van der Waals surface area contributed by atoms with Crippen molar-refractivity contribution in [3.8, 4) is 0 Å². The molecule has 3 aromatic carbocycles. The molecule has 2 N–H and O–H groups in total. The second kappa shape index (κ2) is 9.58. The fourth-order valence-electron chi connectivity index (χ4n) is 3.75. The lowest BCUT2D eigenvalue weighted by Crippen LogP contribution is -2.39. The second-order valence-electron chi connectivity index (χ2n) is 8.00. The second-order valence-corrected chi connectivity index (χ2v) is 8.00. The van der Waals surface area contributed by atoms with Crippen LogP contribution in [0.5, 0.6) is 0 Å². The van der Waals surface area contributed by atoms with Crippen LogP contribution in [-0.2, 0) is 9.59 Å². The topological polar surface area (TPSA) is 98.8 Å². The van der Waals surface area contributed by atoms with Crippen LogP contribution >= 0.6 is 0 Å². The molecule has 1 fully saturated rings. The SMILES string of the molecule is Cc1ccc(N2C(=O)N(CC(=O)Nc3ccccc3C(=O)Nc3ccccc3)C(=O)[C@@H]2C)cc1. The van der Waals surface area contributed by atoms with Crippen molar-refractivity contribution in [2.45, 2.75) is 19.9 Å². The third-order valence-electron chi connectivity index (χ3n) is 5.54. The summed E-state index contributed by atoms with van der Waals surface area (Å²) in [6.07, 6.45) is 0. The summed E-state index contributed by atoms with van der Waals surface area (Å²) in [6, 6.07) is 21.4. The number of anilines is 3. The summed E-state index contributed by atoms with van der Waals surface area (Å²) >= 11 is 0. The number of nitrogens with one attached hydrogen (secondary N) is 2. The van der Waals surface area contributed by atoms with Gasteiger partial charge in [0.05, 0.1) is 11.3 Å². The molecule has 4 rings (SSSR count). The normalized spacial score (nSPS) is 15.4. The maximum absolute atomic E-state index is 13.0. The highest BCUT2D eigenvalue weighted by Gasteiger charge is 2.44. The van der Waals surface area contributed by atoms with E-state index in [0.717, 1.165) is 10.5 Å². The predicted octanol–water partition coefficient (Wildman–Crippen LogP) is 4.04. The van der Waals surface area contributed by atoms with E-state index in [2.05, 4.69) is 10.6 Å². The van der Waals surface area contributed by atoms with Crippen LogP contribution in [0.4, 0.5) is 21.9 Å². The van der Waals surface area contributed by atoms with Gasteiger partial charge in [-0.1, -0.05) is 48.0 Å². The van der Waals surface area contributed by atoms with E-state index in [0.29, 0.717) is 11.4 Å². The standard InChI is InChI=1S/C26H24N4O4/c1-17-12-14-20(15-13-17)30-18(2)25(33)29(26(30)34)16-23(31)28-22-11-7-6-10-21(22)24(32)27-19-8-4-3-5-9-19/h3-15,18H,16H2,1-2H3,(H,27,32)(H,28,31)/t18-/m0/s1. The lowest BCUT2D eigenvalue weighted by molar-refractivity contribution is -0.130. The number of carbonyl (C=O) groups is 4. The number of amides is 5. The summed E-state index contributed by atoms with van der Waals surface area (Å²) in [5.41, 5.74) is 2.77. The molecule has 172 valence electrons. The van der Waals surface area contributed by atoms with Crippen LogP contribution in [0.15, 0.2) is 78.9 Å². The van der Waals surface area contributed by atoms with E-state index in [4.69, 9.17) is 0 Å². The van der Waals surface area contributed by atoms with E-state index in [-0.39, 0.29) is 11.3 Å². The highest BCUT2D eigenvalue weighted by molar-refractivity contribution is 6.16. The van der Waals surface area contributed by atoms with Gasteiger partial charge in [-0.05, 0) is 50.2 Å². The fourth-order valence-corrected chi connectivity index (χ4v) is 3.75. The van der Waals surface area contributed by atoms with Crippen LogP contribution in [0.1, 0.15) is 22.8 Å². The molecule has 8 nitrogen and oxygen atoms in total. The maximum Gasteiger partial charge on any atom is 0.332 e. The molecule has 1 aliphatic rings. The molecule has 8 heteroatoms. The number of urea groups is 1. The number of nitrogens with zero attached hydrogens (tertiary/aromatic N) is 2. The molecule has 0 aliphatic carbocycles. The molecule has 1 aliphatic heterocycles. The van der Waals surface area contributed by atoms with E-state index in [1.165, 1.54) is 4.90 Å². The van der Waals surface area contributed by atoms with E-state index in [9.17, 15) is 19.2 Å². The van der Waals surface area contributed by atoms with E-state index < -0.39 is 36.3 Å². The molecule has 1 heterocycles. The van der Waals surface area contributed by atoms with Crippen LogP contribution in [-0.4, -0.2) is 41.2 Å². The molecule has 34 heavy (non-hydrogen) atoms. The van der Waals surface area contributed by atoms with Gasteiger partial charge < -0.3 is 10.6 Å². The molecule has 0 saturated carbocycles. The van der Waals surface area contributed by atoms with Gasteiger partial charge in [0.2, 0.25) is 5.91 Å². The lowest BCUT2D eigenvalue weighted by Gasteiger charge is -2.19. The van der Waals surface area contributed by atoms with Crippen LogP contribution in [0, 0.1) is 6.92 Å². The molecule has 1 atom stereocenters. The minimum atomic E-state index is -0.730. The number of rotatable bonds is 6. The first-order chi connectivity index (χ1) is 16.3. The molecule has 0 radical (unpaired) electrons. The van der Waals surface area contributed by atoms with Crippen molar-refractivity contribution in [3.05, 3.63) is 90.0 Å². The van der Waals surface area contributed by atoms with Crippen molar-refractivity contribution < 1.29 is 19.2 Å². The van der Waals surface area contributed by atoms with Gasteiger partial charge in [0, 0.05) is 11.4 Å². The van der Waals surface area contributed by atoms with Crippen LogP contribution in [0.3, 0.4) is 0 Å². The number of imide groups is 1. The van der Waals surface area contributed by atoms with Gasteiger partial charge in [0.15, 0.2) is 0 Å². The molecule has 5 amide bonds. The van der Waals surface area contributed by atoms with Crippen LogP contribution in [0.2, 0.25) is 0 Å². The molecule has 3 aromatic rings. The zero-order valence-electron chi connectivity index (χ0n) is 18.8. The first kappa shape index (κ1) is 22.7. The van der Waals surface area contributed by atoms with Gasteiger partial charge in [-0.15, -0.1) is 0 Å². The summed E-state index contributed by atoms with van der Waals surface area (Å²) < 4.78 is 0. The molecule has 0 unspecified atom stereocenters. The Morgan fingerprint density at radius 2 is 1.50 bits per heavy atom. The maximum atomic E-state index is 13.0. The Kier molecular flexibility index (Phi) is 6.40. The Hall–Kier alpha value is -4.46. The number of carbonyl (C=O) groups excluding carboxylic acids is 4. The van der Waals surface area contributed by atoms with Crippen molar-refractivity contribution >= 4 is 40.8 Å². The van der Waals surface area contributed by atoms with Crippen LogP contribution < -0.4 is 15.5 Å². The fraction of sp³-hybridized carbons (Fsp3) is 0.154. The highest BCUT2D eigenvalue weighted by Crippen LogP contribution is 2.26. The summed E-state index contributed by atoms with van der Waals surface area (Å²) in [5, 5.41) is 5.43. The van der Waals surface area contributed by atoms with Gasteiger partial charge in [0.1, 0.15) is 12.6 Å². The first-order valence-corrected chi connectivity index (χ1v) is 10.8. The van der Waals surface area contributed by atoms with Gasteiger partial charge in [-0.25, -0.2) is 4.79 Å². The molecule has 0 bridgehead atoms. The third kappa shape index (κ3) is 4.66. The number of para-hydroxylation sites is 2. The van der Waals surface area contributed by atoms with Gasteiger partial charge in [0.25, 0.3) is 11.8 Å². The summed E-state index contributed by atoms with van der Waals surface area (Å²) in [6.45, 7) is 3.10.